The number of nitrogens with zero attached hydrogens (tertiary/aromatic N) is 2. The van der Waals surface area contributed by atoms with E-state index >= 15 is 0 Å². The molecule has 1 heterocycles. The Morgan fingerprint density at radius 3 is 2.62 bits per heavy atom. The van der Waals surface area contributed by atoms with Gasteiger partial charge in [-0.05, 0) is 18.6 Å². The molecule has 16 heavy (non-hydrogen) atoms. The number of aliphatic hydroxyl groups excluding tert-OH is 2. The van der Waals surface area contributed by atoms with E-state index in [9.17, 15) is 10.2 Å². The van der Waals surface area contributed by atoms with E-state index in [1.807, 2.05) is 13.0 Å². The van der Waals surface area contributed by atoms with Gasteiger partial charge in [-0.2, -0.15) is 5.26 Å². The standard InChI is InChI=1S/C11H15N3O2/c1-2-11(7-15,8-16)14-10-5-3-4-9(6-12)13-10/h3-5,15-16H,2,7-8H2,1H3,(H,13,14). The van der Waals surface area contributed by atoms with Crippen molar-refractivity contribution in [3.8, 4) is 6.07 Å². The van der Waals surface area contributed by atoms with Gasteiger partial charge < -0.3 is 15.5 Å². The number of hydrogen-bond donors (Lipinski definition) is 3. The molecule has 0 unspecified atom stereocenters. The Hall–Kier alpha value is -1.64. The molecule has 0 aliphatic carbocycles. The zero-order chi connectivity index (χ0) is 12.0. The highest BCUT2D eigenvalue weighted by Crippen LogP contribution is 2.16. The van der Waals surface area contributed by atoms with Crippen LogP contribution in [-0.4, -0.2) is 33.9 Å². The Bertz CT molecular complexity index is 375. The van der Waals surface area contributed by atoms with Crippen LogP contribution >= 0.6 is 0 Å². The van der Waals surface area contributed by atoms with E-state index in [2.05, 4.69) is 10.3 Å². The molecule has 3 N–H and O–H groups in total. The van der Waals surface area contributed by atoms with Gasteiger partial charge in [0.1, 0.15) is 17.6 Å². The number of pyridine rings is 1. The summed E-state index contributed by atoms with van der Waals surface area (Å²) in [5.74, 6) is 0.476. The average Bonchev–Trinajstić information content (AvgIpc) is 2.36. The molecule has 0 saturated carbocycles. The number of anilines is 1. The van der Waals surface area contributed by atoms with Crippen molar-refractivity contribution in [1.29, 1.82) is 5.26 Å². The molecule has 0 aliphatic heterocycles. The lowest BCUT2D eigenvalue weighted by Crippen LogP contribution is -2.45. The topological polar surface area (TPSA) is 89.2 Å². The molecule has 0 atom stereocenters. The quantitative estimate of drug-likeness (QED) is 0.673. The van der Waals surface area contributed by atoms with Gasteiger partial charge in [0.2, 0.25) is 0 Å². The van der Waals surface area contributed by atoms with Crippen LogP contribution in [0.4, 0.5) is 5.82 Å². The second-order valence-electron chi connectivity index (χ2n) is 3.59. The predicted octanol–water partition coefficient (Wildman–Crippen LogP) is 0.499. The molecule has 0 fully saturated rings. The summed E-state index contributed by atoms with van der Waals surface area (Å²) in [6.07, 6.45) is 0.554. The van der Waals surface area contributed by atoms with Crippen LogP contribution in [0, 0.1) is 11.3 Å². The Labute approximate surface area is 94.4 Å². The summed E-state index contributed by atoms with van der Waals surface area (Å²) in [7, 11) is 0. The van der Waals surface area contributed by atoms with Crippen molar-refractivity contribution in [1.82, 2.24) is 4.98 Å². The van der Waals surface area contributed by atoms with Crippen LogP contribution in [-0.2, 0) is 0 Å². The van der Waals surface area contributed by atoms with Crippen molar-refractivity contribution in [3.05, 3.63) is 23.9 Å². The van der Waals surface area contributed by atoms with Crippen molar-refractivity contribution < 1.29 is 10.2 Å². The highest BCUT2D eigenvalue weighted by Gasteiger charge is 2.26. The van der Waals surface area contributed by atoms with E-state index in [-0.39, 0.29) is 13.2 Å². The maximum atomic E-state index is 9.25. The summed E-state index contributed by atoms with van der Waals surface area (Å²) in [6, 6.07) is 6.91. The van der Waals surface area contributed by atoms with Gasteiger partial charge in [0.05, 0.1) is 18.8 Å². The Morgan fingerprint density at radius 2 is 2.12 bits per heavy atom. The van der Waals surface area contributed by atoms with E-state index in [1.54, 1.807) is 18.2 Å². The Kier molecular flexibility index (Phi) is 4.23. The van der Waals surface area contributed by atoms with E-state index in [0.29, 0.717) is 17.9 Å². The lowest BCUT2D eigenvalue weighted by atomic mass is 9.98. The minimum atomic E-state index is -0.791. The molecule has 0 radical (unpaired) electrons. The molecule has 1 rings (SSSR count). The normalized spacial score (nSPS) is 10.9. The molecule has 0 aromatic carbocycles. The zero-order valence-corrected chi connectivity index (χ0v) is 9.14. The molecule has 5 heteroatoms. The fraction of sp³-hybridized carbons (Fsp3) is 0.455. The van der Waals surface area contributed by atoms with Crippen molar-refractivity contribution >= 4 is 5.82 Å². The van der Waals surface area contributed by atoms with E-state index in [0.717, 1.165) is 0 Å². The first-order chi connectivity index (χ1) is 7.69. The first-order valence-electron chi connectivity index (χ1n) is 5.07. The van der Waals surface area contributed by atoms with Gasteiger partial charge in [0, 0.05) is 0 Å². The van der Waals surface area contributed by atoms with Crippen LogP contribution in [0.3, 0.4) is 0 Å². The molecule has 1 aromatic rings. The van der Waals surface area contributed by atoms with Crippen LogP contribution in [0.15, 0.2) is 18.2 Å². The molecular weight excluding hydrogens is 206 g/mol. The monoisotopic (exact) mass is 221 g/mol. The maximum absolute atomic E-state index is 9.25. The molecule has 0 amide bonds. The number of hydrogen-bond acceptors (Lipinski definition) is 5. The summed E-state index contributed by atoms with van der Waals surface area (Å²) in [6.45, 7) is 1.46. The lowest BCUT2D eigenvalue weighted by Gasteiger charge is -2.30. The third-order valence-electron chi connectivity index (χ3n) is 2.54. The molecule has 5 nitrogen and oxygen atoms in total. The molecule has 0 spiro atoms. The molecular formula is C11H15N3O2. The highest BCUT2D eigenvalue weighted by molar-refractivity contribution is 5.41. The van der Waals surface area contributed by atoms with Crippen molar-refractivity contribution in [2.24, 2.45) is 0 Å². The van der Waals surface area contributed by atoms with Crippen molar-refractivity contribution in [3.63, 3.8) is 0 Å². The minimum Gasteiger partial charge on any atom is -0.394 e. The first kappa shape index (κ1) is 12.4. The third-order valence-corrected chi connectivity index (χ3v) is 2.54. The molecule has 0 saturated heterocycles. The Balaban J connectivity index is 2.90. The van der Waals surface area contributed by atoms with Crippen LogP contribution in [0.1, 0.15) is 19.0 Å². The number of aliphatic hydroxyl groups is 2. The van der Waals surface area contributed by atoms with Gasteiger partial charge >= 0.3 is 0 Å². The number of nitrogens with one attached hydrogen (secondary N) is 1. The van der Waals surface area contributed by atoms with Crippen LogP contribution in [0.2, 0.25) is 0 Å². The summed E-state index contributed by atoms with van der Waals surface area (Å²) in [5.41, 5.74) is -0.493. The van der Waals surface area contributed by atoms with E-state index in [1.165, 1.54) is 0 Å². The SMILES string of the molecule is CCC(CO)(CO)Nc1cccc(C#N)n1. The van der Waals surface area contributed by atoms with Gasteiger partial charge in [-0.25, -0.2) is 4.98 Å². The minimum absolute atomic E-state index is 0.196. The molecule has 1 aromatic heterocycles. The third kappa shape index (κ3) is 2.69. The van der Waals surface area contributed by atoms with Crippen LogP contribution < -0.4 is 5.32 Å². The van der Waals surface area contributed by atoms with Crippen LogP contribution in [0.25, 0.3) is 0 Å². The van der Waals surface area contributed by atoms with Gasteiger partial charge in [-0.3, -0.25) is 0 Å². The van der Waals surface area contributed by atoms with Gasteiger partial charge in [-0.15, -0.1) is 0 Å². The van der Waals surface area contributed by atoms with Crippen molar-refractivity contribution in [2.45, 2.75) is 18.9 Å². The fourth-order valence-electron chi connectivity index (χ4n) is 1.28. The van der Waals surface area contributed by atoms with Crippen molar-refractivity contribution in [2.75, 3.05) is 18.5 Å². The van der Waals surface area contributed by atoms with E-state index < -0.39 is 5.54 Å². The highest BCUT2D eigenvalue weighted by atomic mass is 16.3. The summed E-state index contributed by atoms with van der Waals surface area (Å²) >= 11 is 0. The smallest absolute Gasteiger partial charge is 0.142 e. The van der Waals surface area contributed by atoms with Gasteiger partial charge in [0.15, 0.2) is 0 Å². The number of aromatic nitrogens is 1. The fourth-order valence-corrected chi connectivity index (χ4v) is 1.28. The average molecular weight is 221 g/mol. The molecule has 0 bridgehead atoms. The van der Waals surface area contributed by atoms with Gasteiger partial charge in [-0.1, -0.05) is 13.0 Å². The summed E-state index contributed by atoms with van der Waals surface area (Å²) < 4.78 is 0. The second kappa shape index (κ2) is 5.45. The number of nitriles is 1. The summed E-state index contributed by atoms with van der Waals surface area (Å²) in [4.78, 5) is 4.03. The second-order valence-corrected chi connectivity index (χ2v) is 3.59. The summed E-state index contributed by atoms with van der Waals surface area (Å²) in [5, 5.41) is 30.1. The molecule has 86 valence electrons. The lowest BCUT2D eigenvalue weighted by molar-refractivity contribution is 0.132. The van der Waals surface area contributed by atoms with E-state index in [4.69, 9.17) is 5.26 Å². The maximum Gasteiger partial charge on any atom is 0.142 e. The largest absolute Gasteiger partial charge is 0.394 e. The Morgan fingerprint density at radius 1 is 1.44 bits per heavy atom. The zero-order valence-electron chi connectivity index (χ0n) is 9.14. The van der Waals surface area contributed by atoms with Crippen LogP contribution in [0.5, 0.6) is 0 Å². The number of rotatable bonds is 5. The predicted molar refractivity (Wildman–Crippen MR) is 59.8 cm³/mol. The van der Waals surface area contributed by atoms with Gasteiger partial charge in [0.25, 0.3) is 0 Å². The first-order valence-corrected chi connectivity index (χ1v) is 5.07. The molecule has 0 aliphatic rings.